The van der Waals surface area contributed by atoms with E-state index in [0.29, 0.717) is 0 Å². The van der Waals surface area contributed by atoms with Crippen LogP contribution in [0.3, 0.4) is 0 Å². The molecule has 0 heterocycles. The van der Waals surface area contributed by atoms with Gasteiger partial charge in [0.1, 0.15) is 0 Å². The van der Waals surface area contributed by atoms with E-state index >= 15 is 0 Å². The smallest absolute Gasteiger partial charge is 0.178 e. The standard InChI is InChI=1S/C3H6N2O2/c4-2-5-3(7)1-6/h3,5-7H,1H2. The van der Waals surface area contributed by atoms with Crippen molar-refractivity contribution in [3.05, 3.63) is 0 Å². The molecule has 0 aromatic rings. The Labute approximate surface area is 41.0 Å². The van der Waals surface area contributed by atoms with Crippen molar-refractivity contribution in [2.45, 2.75) is 6.23 Å². The summed E-state index contributed by atoms with van der Waals surface area (Å²) < 4.78 is 0. The van der Waals surface area contributed by atoms with Gasteiger partial charge in [-0.2, -0.15) is 5.26 Å². The van der Waals surface area contributed by atoms with Crippen molar-refractivity contribution in [1.82, 2.24) is 5.32 Å². The Balaban J connectivity index is 3.03. The van der Waals surface area contributed by atoms with Crippen molar-refractivity contribution in [1.29, 1.82) is 5.26 Å². The summed E-state index contributed by atoms with van der Waals surface area (Å²) in [6, 6.07) is 0. The van der Waals surface area contributed by atoms with Crippen LogP contribution in [0.5, 0.6) is 0 Å². The predicted molar refractivity (Wildman–Crippen MR) is 21.8 cm³/mol. The Hall–Kier alpha value is -0.790. The minimum absolute atomic E-state index is 0.437. The molecule has 1 unspecified atom stereocenters. The van der Waals surface area contributed by atoms with Crippen LogP contribution in [0.2, 0.25) is 0 Å². The molecule has 1 atom stereocenters. The van der Waals surface area contributed by atoms with Gasteiger partial charge in [0.05, 0.1) is 6.61 Å². The van der Waals surface area contributed by atoms with Crippen LogP contribution in [0.4, 0.5) is 0 Å². The van der Waals surface area contributed by atoms with Gasteiger partial charge in [-0.3, -0.25) is 5.32 Å². The summed E-state index contributed by atoms with van der Waals surface area (Å²) in [5.41, 5.74) is 0. The molecular formula is C3H6N2O2. The average molecular weight is 102 g/mol. The van der Waals surface area contributed by atoms with Crippen LogP contribution in [0, 0.1) is 11.5 Å². The normalized spacial score (nSPS) is 12.1. The van der Waals surface area contributed by atoms with Gasteiger partial charge >= 0.3 is 0 Å². The van der Waals surface area contributed by atoms with E-state index < -0.39 is 12.8 Å². The Morgan fingerprint density at radius 1 is 1.86 bits per heavy atom. The summed E-state index contributed by atoms with van der Waals surface area (Å²) in [4.78, 5) is 0. The van der Waals surface area contributed by atoms with Crippen LogP contribution in [0.1, 0.15) is 0 Å². The lowest BCUT2D eigenvalue weighted by Gasteiger charge is -1.99. The molecule has 0 spiro atoms. The number of nitrogens with one attached hydrogen (secondary N) is 1. The topological polar surface area (TPSA) is 76.3 Å². The summed E-state index contributed by atoms with van der Waals surface area (Å²) in [7, 11) is 0. The maximum absolute atomic E-state index is 8.27. The quantitative estimate of drug-likeness (QED) is 0.222. The SMILES string of the molecule is N#CNC(O)CO. The van der Waals surface area contributed by atoms with E-state index in [1.165, 1.54) is 6.19 Å². The lowest BCUT2D eigenvalue weighted by Crippen LogP contribution is -2.27. The van der Waals surface area contributed by atoms with Gasteiger partial charge in [-0.05, 0) is 0 Å². The van der Waals surface area contributed by atoms with Gasteiger partial charge in [0.15, 0.2) is 12.4 Å². The molecule has 3 N–H and O–H groups in total. The van der Waals surface area contributed by atoms with E-state index in [1.807, 2.05) is 5.32 Å². The maximum atomic E-state index is 8.27. The highest BCUT2D eigenvalue weighted by Crippen LogP contribution is 1.66. The van der Waals surface area contributed by atoms with E-state index in [4.69, 9.17) is 15.5 Å². The molecule has 4 heteroatoms. The average Bonchev–Trinajstić information content (AvgIpc) is 1.68. The van der Waals surface area contributed by atoms with Crippen molar-refractivity contribution in [2.75, 3.05) is 6.61 Å². The van der Waals surface area contributed by atoms with Crippen molar-refractivity contribution < 1.29 is 10.2 Å². The molecule has 0 amide bonds. The first kappa shape index (κ1) is 6.21. The molecule has 0 aliphatic rings. The van der Waals surface area contributed by atoms with E-state index in [-0.39, 0.29) is 0 Å². The van der Waals surface area contributed by atoms with Gasteiger partial charge in [0.2, 0.25) is 0 Å². The van der Waals surface area contributed by atoms with Gasteiger partial charge in [-0.1, -0.05) is 0 Å². The molecule has 0 fully saturated rings. The Morgan fingerprint density at radius 2 is 2.43 bits per heavy atom. The summed E-state index contributed by atoms with van der Waals surface area (Å²) in [6.45, 7) is -0.437. The minimum atomic E-state index is -1.11. The van der Waals surface area contributed by atoms with Crippen molar-refractivity contribution in [3.8, 4) is 6.19 Å². The van der Waals surface area contributed by atoms with Crippen LogP contribution < -0.4 is 5.32 Å². The number of nitrogens with zero attached hydrogens (tertiary/aromatic N) is 1. The molecule has 0 saturated heterocycles. The highest BCUT2D eigenvalue weighted by atomic mass is 16.3. The zero-order chi connectivity index (χ0) is 5.70. The fourth-order valence-corrected chi connectivity index (χ4v) is 0.120. The molecular weight excluding hydrogens is 96.0 g/mol. The number of hydrogen-bond acceptors (Lipinski definition) is 4. The second-order valence-corrected chi connectivity index (χ2v) is 0.955. The molecule has 0 aliphatic heterocycles. The number of rotatable bonds is 2. The number of aliphatic hydroxyl groups excluding tert-OH is 2. The molecule has 0 saturated carbocycles. The molecule has 0 aromatic carbocycles. The first-order valence-electron chi connectivity index (χ1n) is 1.74. The summed E-state index contributed by atoms with van der Waals surface area (Å²) in [5, 5.41) is 25.9. The van der Waals surface area contributed by atoms with Gasteiger partial charge in [-0.25, -0.2) is 0 Å². The molecule has 7 heavy (non-hydrogen) atoms. The molecule has 40 valence electrons. The first-order valence-corrected chi connectivity index (χ1v) is 1.74. The fraction of sp³-hybridized carbons (Fsp3) is 0.667. The van der Waals surface area contributed by atoms with Crippen molar-refractivity contribution >= 4 is 0 Å². The molecule has 0 aliphatic carbocycles. The predicted octanol–water partition coefficient (Wildman–Crippen LogP) is -1.63. The van der Waals surface area contributed by atoms with Crippen LogP contribution in [0.15, 0.2) is 0 Å². The van der Waals surface area contributed by atoms with Gasteiger partial charge < -0.3 is 10.2 Å². The third-order valence-corrected chi connectivity index (χ3v) is 0.404. The lowest BCUT2D eigenvalue weighted by molar-refractivity contribution is 0.0812. The van der Waals surface area contributed by atoms with E-state index in [9.17, 15) is 0 Å². The highest BCUT2D eigenvalue weighted by molar-refractivity contribution is 4.66. The molecule has 0 rings (SSSR count). The van der Waals surface area contributed by atoms with Gasteiger partial charge in [-0.15, -0.1) is 0 Å². The van der Waals surface area contributed by atoms with Crippen molar-refractivity contribution in [2.24, 2.45) is 0 Å². The Bertz CT molecular complexity index is 77.5. The fourth-order valence-electron chi connectivity index (χ4n) is 0.120. The monoisotopic (exact) mass is 102 g/mol. The second-order valence-electron chi connectivity index (χ2n) is 0.955. The highest BCUT2D eigenvalue weighted by Gasteiger charge is 1.93. The van der Waals surface area contributed by atoms with E-state index in [2.05, 4.69) is 0 Å². The second kappa shape index (κ2) is 3.40. The zero-order valence-electron chi connectivity index (χ0n) is 3.63. The van der Waals surface area contributed by atoms with Crippen LogP contribution in [-0.4, -0.2) is 23.0 Å². The number of nitriles is 1. The maximum Gasteiger partial charge on any atom is 0.178 e. The zero-order valence-corrected chi connectivity index (χ0v) is 3.63. The first-order chi connectivity index (χ1) is 3.31. The third kappa shape index (κ3) is 3.03. The van der Waals surface area contributed by atoms with Crippen LogP contribution >= 0.6 is 0 Å². The number of hydrogen-bond donors (Lipinski definition) is 3. The third-order valence-electron chi connectivity index (χ3n) is 0.404. The Kier molecular flexibility index (Phi) is 3.02. The summed E-state index contributed by atoms with van der Waals surface area (Å²) in [6.07, 6.45) is 0.352. The van der Waals surface area contributed by atoms with E-state index in [1.54, 1.807) is 0 Å². The summed E-state index contributed by atoms with van der Waals surface area (Å²) >= 11 is 0. The minimum Gasteiger partial charge on any atom is -0.392 e. The number of aliphatic hydroxyl groups is 2. The van der Waals surface area contributed by atoms with E-state index in [0.717, 1.165) is 0 Å². The molecule has 0 bridgehead atoms. The van der Waals surface area contributed by atoms with Crippen molar-refractivity contribution in [3.63, 3.8) is 0 Å². The molecule has 4 nitrogen and oxygen atoms in total. The van der Waals surface area contributed by atoms with Crippen LogP contribution in [0.25, 0.3) is 0 Å². The largest absolute Gasteiger partial charge is 0.392 e. The lowest BCUT2D eigenvalue weighted by atomic mass is 10.6. The van der Waals surface area contributed by atoms with Crippen LogP contribution in [-0.2, 0) is 0 Å². The van der Waals surface area contributed by atoms with Gasteiger partial charge in [0.25, 0.3) is 0 Å². The molecule has 0 radical (unpaired) electrons. The Morgan fingerprint density at radius 3 is 2.57 bits per heavy atom. The molecule has 0 aromatic heterocycles. The van der Waals surface area contributed by atoms with Gasteiger partial charge in [0, 0.05) is 0 Å². The summed E-state index contributed by atoms with van der Waals surface area (Å²) in [5.74, 6) is 0.